The summed E-state index contributed by atoms with van der Waals surface area (Å²) in [6.07, 6.45) is 11.9. The molecule has 1 fully saturated rings. The number of hydrogen-bond acceptors (Lipinski definition) is 0. The summed E-state index contributed by atoms with van der Waals surface area (Å²) in [5, 5.41) is 0. The van der Waals surface area contributed by atoms with E-state index in [0.717, 1.165) is 17.8 Å². The topological polar surface area (TPSA) is 0 Å². The molecular weight excluding hydrogens is 176 g/mol. The lowest BCUT2D eigenvalue weighted by atomic mass is 9.94. The molecule has 0 N–H and O–H groups in total. The second-order valence-corrected chi connectivity index (χ2v) is 10.5. The Morgan fingerprint density at radius 1 is 1.15 bits per heavy atom. The fourth-order valence-electron chi connectivity index (χ4n) is 2.58. The minimum absolute atomic E-state index is 0.257. The second-order valence-electron chi connectivity index (χ2n) is 5.94. The first-order valence-electron chi connectivity index (χ1n) is 5.54. The third-order valence-electron chi connectivity index (χ3n) is 3.26. The van der Waals surface area contributed by atoms with Crippen molar-refractivity contribution >= 4 is 10.0 Å². The van der Waals surface area contributed by atoms with Crippen LogP contribution in [0.1, 0.15) is 33.1 Å². The van der Waals surface area contributed by atoms with Crippen molar-refractivity contribution < 1.29 is 0 Å². The van der Waals surface area contributed by atoms with Crippen LogP contribution in [0.25, 0.3) is 0 Å². The summed E-state index contributed by atoms with van der Waals surface area (Å²) in [7, 11) is -0.257. The van der Waals surface area contributed by atoms with E-state index < -0.39 is 0 Å². The van der Waals surface area contributed by atoms with Crippen molar-refractivity contribution in [2.75, 3.05) is 24.5 Å². The van der Waals surface area contributed by atoms with Gasteiger partial charge in [-0.1, -0.05) is 13.8 Å². The van der Waals surface area contributed by atoms with E-state index in [-0.39, 0.29) is 10.0 Å². The van der Waals surface area contributed by atoms with Gasteiger partial charge in [-0.2, -0.15) is 0 Å². The van der Waals surface area contributed by atoms with E-state index in [2.05, 4.69) is 32.6 Å². The Labute approximate surface area is 85.8 Å². The molecule has 1 heteroatoms. The summed E-state index contributed by atoms with van der Waals surface area (Å²) in [6, 6.07) is 0. The third-order valence-corrected chi connectivity index (χ3v) is 4.73. The first-order valence-corrected chi connectivity index (χ1v) is 8.57. The lowest BCUT2D eigenvalue weighted by Gasteiger charge is -2.29. The molecule has 1 aliphatic rings. The Hall–Kier alpha value is 0.350. The van der Waals surface area contributed by atoms with E-state index in [1.807, 2.05) is 0 Å². The normalized spacial score (nSPS) is 31.2. The van der Waals surface area contributed by atoms with Gasteiger partial charge in [0.15, 0.2) is 0 Å². The average molecular weight is 202 g/mol. The molecule has 2 unspecified atom stereocenters. The molecule has 0 aliphatic heterocycles. The van der Waals surface area contributed by atoms with Gasteiger partial charge >= 0.3 is 0 Å². The van der Waals surface area contributed by atoms with Crippen molar-refractivity contribution in [3.05, 3.63) is 0 Å². The lowest BCUT2D eigenvalue weighted by Crippen LogP contribution is -2.10. The smallest absolute Gasteiger partial charge is 0.0207 e. The van der Waals surface area contributed by atoms with Gasteiger partial charge in [0, 0.05) is 0 Å². The van der Waals surface area contributed by atoms with Crippen LogP contribution in [-0.4, -0.2) is 24.5 Å². The molecule has 0 nitrogen and oxygen atoms in total. The maximum absolute atomic E-state index is 2.45. The molecule has 80 valence electrons. The molecule has 0 aromatic heterocycles. The summed E-state index contributed by atoms with van der Waals surface area (Å²) >= 11 is 0. The summed E-state index contributed by atoms with van der Waals surface area (Å²) < 4.78 is 0. The fraction of sp³-hybridized carbons (Fsp3) is 1.00. The molecule has 0 radical (unpaired) electrons. The molecule has 0 saturated heterocycles. The maximum atomic E-state index is 2.45. The summed E-state index contributed by atoms with van der Waals surface area (Å²) in [6.45, 7) is 4.77. The standard InChI is InChI=1S/C12H26S/c1-10(2)12-7-6-11(8-12)9-13(3,4)5/h10-12H,6-9H2,1-5H3. The van der Waals surface area contributed by atoms with Crippen LogP contribution in [0.2, 0.25) is 0 Å². The van der Waals surface area contributed by atoms with E-state index in [9.17, 15) is 0 Å². The Bertz CT molecular complexity index is 155. The predicted octanol–water partition coefficient (Wildman–Crippen LogP) is 3.75. The van der Waals surface area contributed by atoms with Crippen molar-refractivity contribution in [3.63, 3.8) is 0 Å². The molecule has 1 rings (SSSR count). The molecule has 0 heterocycles. The minimum Gasteiger partial charge on any atom is -0.249 e. The molecule has 0 spiro atoms. The average Bonchev–Trinajstić information content (AvgIpc) is 2.31. The molecule has 1 saturated carbocycles. The molecule has 1 aliphatic carbocycles. The highest BCUT2D eigenvalue weighted by Gasteiger charge is 2.28. The van der Waals surface area contributed by atoms with Gasteiger partial charge in [-0.05, 0) is 61.5 Å². The van der Waals surface area contributed by atoms with E-state index >= 15 is 0 Å². The molecule has 2 atom stereocenters. The van der Waals surface area contributed by atoms with Gasteiger partial charge in [0.1, 0.15) is 0 Å². The highest BCUT2D eigenvalue weighted by atomic mass is 32.3. The zero-order chi connectivity index (χ0) is 10.1. The van der Waals surface area contributed by atoms with Crippen LogP contribution in [0, 0.1) is 17.8 Å². The van der Waals surface area contributed by atoms with Gasteiger partial charge in [0.25, 0.3) is 0 Å². The third kappa shape index (κ3) is 3.93. The minimum atomic E-state index is -0.257. The summed E-state index contributed by atoms with van der Waals surface area (Å²) in [5.74, 6) is 4.52. The van der Waals surface area contributed by atoms with Gasteiger partial charge in [0.05, 0.1) is 0 Å². The molecule has 0 aromatic rings. The maximum Gasteiger partial charge on any atom is -0.0207 e. The zero-order valence-corrected chi connectivity index (χ0v) is 10.8. The number of rotatable bonds is 3. The van der Waals surface area contributed by atoms with Crippen molar-refractivity contribution in [2.24, 2.45) is 17.8 Å². The highest BCUT2D eigenvalue weighted by Crippen LogP contribution is 2.44. The van der Waals surface area contributed by atoms with Crippen molar-refractivity contribution in [2.45, 2.75) is 33.1 Å². The summed E-state index contributed by atoms with van der Waals surface area (Å²) in [4.78, 5) is 0. The first kappa shape index (κ1) is 11.4. The van der Waals surface area contributed by atoms with Crippen LogP contribution >= 0.6 is 10.0 Å². The SMILES string of the molecule is CC(C)C1CCC(CS(C)(C)C)C1. The lowest BCUT2D eigenvalue weighted by molar-refractivity contribution is 0.385. The van der Waals surface area contributed by atoms with Crippen molar-refractivity contribution in [3.8, 4) is 0 Å². The van der Waals surface area contributed by atoms with E-state index in [0.29, 0.717) is 0 Å². The van der Waals surface area contributed by atoms with Crippen LogP contribution < -0.4 is 0 Å². The molecular formula is C12H26S. The van der Waals surface area contributed by atoms with Crippen LogP contribution in [0.5, 0.6) is 0 Å². The summed E-state index contributed by atoms with van der Waals surface area (Å²) in [5.41, 5.74) is 0. The van der Waals surface area contributed by atoms with Crippen LogP contribution in [0.4, 0.5) is 0 Å². The van der Waals surface area contributed by atoms with Gasteiger partial charge in [0.2, 0.25) is 0 Å². The molecule has 0 bridgehead atoms. The van der Waals surface area contributed by atoms with E-state index in [4.69, 9.17) is 0 Å². The Balaban J connectivity index is 2.33. The Morgan fingerprint density at radius 3 is 2.15 bits per heavy atom. The Morgan fingerprint density at radius 2 is 1.77 bits per heavy atom. The van der Waals surface area contributed by atoms with Crippen molar-refractivity contribution in [1.82, 2.24) is 0 Å². The van der Waals surface area contributed by atoms with Gasteiger partial charge < -0.3 is 0 Å². The molecule has 13 heavy (non-hydrogen) atoms. The Kier molecular flexibility index (Phi) is 3.73. The first-order chi connectivity index (χ1) is 5.88. The van der Waals surface area contributed by atoms with E-state index in [1.165, 1.54) is 25.0 Å². The van der Waals surface area contributed by atoms with Gasteiger partial charge in [-0.3, -0.25) is 0 Å². The zero-order valence-electron chi connectivity index (χ0n) is 9.97. The van der Waals surface area contributed by atoms with Crippen LogP contribution in [-0.2, 0) is 0 Å². The van der Waals surface area contributed by atoms with Crippen LogP contribution in [0.15, 0.2) is 0 Å². The highest BCUT2D eigenvalue weighted by molar-refractivity contribution is 8.32. The van der Waals surface area contributed by atoms with Gasteiger partial charge in [-0.15, -0.1) is 0 Å². The monoisotopic (exact) mass is 202 g/mol. The molecule has 0 amide bonds. The van der Waals surface area contributed by atoms with Gasteiger partial charge in [-0.25, -0.2) is 10.0 Å². The van der Waals surface area contributed by atoms with Crippen molar-refractivity contribution in [1.29, 1.82) is 0 Å². The largest absolute Gasteiger partial charge is 0.249 e. The quantitative estimate of drug-likeness (QED) is 0.654. The predicted molar refractivity (Wildman–Crippen MR) is 65.9 cm³/mol. The molecule has 0 aromatic carbocycles. The second kappa shape index (κ2) is 4.25. The van der Waals surface area contributed by atoms with E-state index in [1.54, 1.807) is 0 Å². The fourth-order valence-corrected chi connectivity index (χ4v) is 4.29. The van der Waals surface area contributed by atoms with Crippen LogP contribution in [0.3, 0.4) is 0 Å². The number of hydrogen-bond donors (Lipinski definition) is 0.